The van der Waals surface area contributed by atoms with Crippen molar-refractivity contribution < 1.29 is 14.5 Å². The van der Waals surface area contributed by atoms with Gasteiger partial charge in [0.15, 0.2) is 5.75 Å². The number of nitrogens with two attached hydrogens (primary N) is 1. The van der Waals surface area contributed by atoms with Gasteiger partial charge in [0.1, 0.15) is 0 Å². The molecule has 1 amide bonds. The number of methoxy groups -OCH3 is 1. The van der Waals surface area contributed by atoms with Crippen molar-refractivity contribution >= 4 is 11.6 Å². The molecule has 8 heteroatoms. The standard InChI is InChI=1S/C12H16N4O4/c1-20-11-3-2-9(8-10(11)16(18)19)12(17)14-4-6-15(13)7-5-14/h2-3,8H,4-7,13H2,1H3. The first-order valence-corrected chi connectivity index (χ1v) is 6.14. The number of ether oxygens (including phenoxy) is 1. The molecule has 108 valence electrons. The lowest BCUT2D eigenvalue weighted by molar-refractivity contribution is -0.385. The molecule has 1 aromatic rings. The van der Waals surface area contributed by atoms with E-state index in [9.17, 15) is 14.9 Å². The van der Waals surface area contributed by atoms with E-state index in [-0.39, 0.29) is 22.9 Å². The van der Waals surface area contributed by atoms with Gasteiger partial charge in [0.25, 0.3) is 5.91 Å². The predicted molar refractivity (Wildman–Crippen MR) is 71.3 cm³/mol. The summed E-state index contributed by atoms with van der Waals surface area (Å²) in [5.74, 6) is 5.53. The third-order valence-corrected chi connectivity index (χ3v) is 3.22. The normalized spacial score (nSPS) is 16.0. The molecule has 0 radical (unpaired) electrons. The summed E-state index contributed by atoms with van der Waals surface area (Å²) < 4.78 is 4.91. The quantitative estimate of drug-likeness (QED) is 0.483. The van der Waals surface area contributed by atoms with Crippen LogP contribution >= 0.6 is 0 Å². The Morgan fingerprint density at radius 1 is 1.35 bits per heavy atom. The van der Waals surface area contributed by atoms with Crippen molar-refractivity contribution in [1.82, 2.24) is 9.91 Å². The molecule has 0 saturated carbocycles. The zero-order valence-electron chi connectivity index (χ0n) is 11.1. The molecule has 20 heavy (non-hydrogen) atoms. The van der Waals surface area contributed by atoms with Crippen molar-refractivity contribution in [2.75, 3.05) is 33.3 Å². The highest BCUT2D eigenvalue weighted by molar-refractivity contribution is 5.95. The average molecular weight is 280 g/mol. The number of carbonyl (C=O) groups excluding carboxylic acids is 1. The van der Waals surface area contributed by atoms with Crippen LogP contribution in [0.1, 0.15) is 10.4 Å². The molecule has 8 nitrogen and oxygen atoms in total. The highest BCUT2D eigenvalue weighted by Crippen LogP contribution is 2.28. The van der Waals surface area contributed by atoms with Crippen molar-refractivity contribution in [1.29, 1.82) is 0 Å². The molecule has 0 bridgehead atoms. The van der Waals surface area contributed by atoms with Crippen LogP contribution in [0.15, 0.2) is 18.2 Å². The molecule has 0 spiro atoms. The summed E-state index contributed by atoms with van der Waals surface area (Å²) >= 11 is 0. The van der Waals surface area contributed by atoms with E-state index in [1.807, 2.05) is 0 Å². The summed E-state index contributed by atoms with van der Waals surface area (Å²) in [4.78, 5) is 24.3. The van der Waals surface area contributed by atoms with E-state index in [2.05, 4.69) is 0 Å². The van der Waals surface area contributed by atoms with Gasteiger partial charge in [-0.1, -0.05) is 0 Å². The molecule has 1 fully saturated rings. The number of hydrogen-bond donors (Lipinski definition) is 1. The summed E-state index contributed by atoms with van der Waals surface area (Å²) in [6.07, 6.45) is 0. The molecule has 1 aliphatic heterocycles. The minimum absolute atomic E-state index is 0.137. The van der Waals surface area contributed by atoms with Gasteiger partial charge in [0.2, 0.25) is 0 Å². The lowest BCUT2D eigenvalue weighted by Gasteiger charge is -2.32. The zero-order chi connectivity index (χ0) is 14.7. The highest BCUT2D eigenvalue weighted by atomic mass is 16.6. The Kier molecular flexibility index (Phi) is 4.16. The van der Waals surface area contributed by atoms with Crippen molar-refractivity contribution in [3.05, 3.63) is 33.9 Å². The minimum Gasteiger partial charge on any atom is -0.490 e. The number of nitrogens with zero attached hydrogens (tertiary/aromatic N) is 3. The molecular weight excluding hydrogens is 264 g/mol. The third-order valence-electron chi connectivity index (χ3n) is 3.22. The molecule has 1 saturated heterocycles. The van der Waals surface area contributed by atoms with Gasteiger partial charge in [-0.25, -0.2) is 5.01 Å². The van der Waals surface area contributed by atoms with Gasteiger partial charge in [-0.05, 0) is 12.1 Å². The van der Waals surface area contributed by atoms with Crippen molar-refractivity contribution in [3.8, 4) is 5.75 Å². The van der Waals surface area contributed by atoms with E-state index >= 15 is 0 Å². The summed E-state index contributed by atoms with van der Waals surface area (Å²) in [5, 5.41) is 12.6. The second-order valence-electron chi connectivity index (χ2n) is 4.47. The molecule has 0 aliphatic carbocycles. The largest absolute Gasteiger partial charge is 0.490 e. The molecule has 0 aromatic heterocycles. The van der Waals surface area contributed by atoms with Crippen LogP contribution in [0.4, 0.5) is 5.69 Å². The van der Waals surface area contributed by atoms with Gasteiger partial charge in [-0.2, -0.15) is 0 Å². The SMILES string of the molecule is COc1ccc(C(=O)N2CCN(N)CC2)cc1[N+](=O)[O-]. The van der Waals surface area contributed by atoms with E-state index in [0.29, 0.717) is 26.2 Å². The van der Waals surface area contributed by atoms with Crippen LogP contribution in [0.3, 0.4) is 0 Å². The Morgan fingerprint density at radius 3 is 2.55 bits per heavy atom. The number of benzene rings is 1. The fourth-order valence-electron chi connectivity index (χ4n) is 2.07. The van der Waals surface area contributed by atoms with Gasteiger partial charge in [0.05, 0.1) is 12.0 Å². The van der Waals surface area contributed by atoms with Crippen molar-refractivity contribution in [2.45, 2.75) is 0 Å². The minimum atomic E-state index is -0.562. The molecule has 1 aromatic carbocycles. The number of hydrogen-bond acceptors (Lipinski definition) is 6. The Morgan fingerprint density at radius 2 is 2.00 bits per heavy atom. The van der Waals surface area contributed by atoms with Crippen molar-refractivity contribution in [2.24, 2.45) is 5.84 Å². The summed E-state index contributed by atoms with van der Waals surface area (Å²) in [6.45, 7) is 2.19. The average Bonchev–Trinajstić information content (AvgIpc) is 2.46. The maximum Gasteiger partial charge on any atom is 0.311 e. The number of amides is 1. The van der Waals surface area contributed by atoms with E-state index in [0.717, 1.165) is 0 Å². The number of piperazine rings is 1. The smallest absolute Gasteiger partial charge is 0.311 e. The van der Waals surface area contributed by atoms with E-state index < -0.39 is 4.92 Å². The first kappa shape index (κ1) is 14.2. The van der Waals surface area contributed by atoms with Crippen LogP contribution in [-0.2, 0) is 0 Å². The monoisotopic (exact) mass is 280 g/mol. The Balaban J connectivity index is 2.22. The molecule has 2 N–H and O–H groups in total. The molecule has 1 heterocycles. The molecule has 1 aliphatic rings. The maximum absolute atomic E-state index is 12.3. The number of nitro groups is 1. The summed E-state index contributed by atoms with van der Waals surface area (Å²) in [6, 6.07) is 4.21. The highest BCUT2D eigenvalue weighted by Gasteiger charge is 2.24. The van der Waals surface area contributed by atoms with E-state index in [1.54, 1.807) is 9.91 Å². The molecular formula is C12H16N4O4. The summed E-state index contributed by atoms with van der Waals surface area (Å²) in [7, 11) is 1.35. The zero-order valence-corrected chi connectivity index (χ0v) is 11.1. The first-order valence-electron chi connectivity index (χ1n) is 6.14. The third kappa shape index (κ3) is 2.86. The Labute approximate surface area is 115 Å². The maximum atomic E-state index is 12.3. The number of carbonyl (C=O) groups is 1. The topological polar surface area (TPSA) is 102 Å². The fourth-order valence-corrected chi connectivity index (χ4v) is 2.07. The van der Waals surface area contributed by atoms with Gasteiger partial charge in [0, 0.05) is 37.8 Å². The van der Waals surface area contributed by atoms with Crippen LogP contribution in [0.25, 0.3) is 0 Å². The second kappa shape index (κ2) is 5.85. The Hall–Kier alpha value is -2.19. The van der Waals surface area contributed by atoms with Crippen LogP contribution < -0.4 is 10.6 Å². The van der Waals surface area contributed by atoms with Gasteiger partial charge >= 0.3 is 5.69 Å². The first-order chi connectivity index (χ1) is 9.52. The number of nitro benzene ring substituents is 1. The lowest BCUT2D eigenvalue weighted by atomic mass is 10.1. The fraction of sp³-hybridized carbons (Fsp3) is 0.417. The summed E-state index contributed by atoms with van der Waals surface area (Å²) in [5.41, 5.74) is 0.0683. The number of hydrazine groups is 1. The van der Waals surface area contributed by atoms with Crippen LogP contribution in [-0.4, -0.2) is 54.0 Å². The number of rotatable bonds is 3. The van der Waals surface area contributed by atoms with Gasteiger partial charge < -0.3 is 9.64 Å². The molecule has 0 atom stereocenters. The lowest BCUT2D eigenvalue weighted by Crippen LogP contribution is -2.51. The molecule has 2 rings (SSSR count). The van der Waals surface area contributed by atoms with Crippen LogP contribution in [0, 0.1) is 10.1 Å². The Bertz CT molecular complexity index is 526. The van der Waals surface area contributed by atoms with E-state index in [1.165, 1.54) is 25.3 Å². The van der Waals surface area contributed by atoms with Crippen LogP contribution in [0.2, 0.25) is 0 Å². The van der Waals surface area contributed by atoms with Crippen molar-refractivity contribution in [3.63, 3.8) is 0 Å². The van der Waals surface area contributed by atoms with Gasteiger partial charge in [-0.3, -0.25) is 20.8 Å². The predicted octanol–water partition coefficient (Wildman–Crippen LogP) is 0.235. The van der Waals surface area contributed by atoms with E-state index in [4.69, 9.17) is 10.6 Å². The molecule has 0 unspecified atom stereocenters. The van der Waals surface area contributed by atoms with Gasteiger partial charge in [-0.15, -0.1) is 0 Å². The second-order valence-corrected chi connectivity index (χ2v) is 4.47. The van der Waals surface area contributed by atoms with Crippen LogP contribution in [0.5, 0.6) is 5.75 Å².